The van der Waals surface area contributed by atoms with Crippen LogP contribution in [0, 0.1) is 0 Å². The minimum atomic E-state index is -0.853. The number of hydrogen-bond donors (Lipinski definition) is 0. The summed E-state index contributed by atoms with van der Waals surface area (Å²) in [5.41, 5.74) is 0. The second-order valence-corrected chi connectivity index (χ2v) is 4.71. The Hall–Kier alpha value is -2.58. The molecule has 0 N–H and O–H groups in total. The molecule has 0 aliphatic heterocycles. The average molecular weight is 339 g/mol. The number of ether oxygens (including phenoxy) is 3. The molecule has 0 unspecified atom stereocenters. The molecule has 1 heterocycles. The number of rotatable bonds is 9. The van der Waals surface area contributed by atoms with Crippen molar-refractivity contribution in [2.45, 2.75) is 40.0 Å². The first-order valence-corrected chi connectivity index (χ1v) is 7.80. The van der Waals surface area contributed by atoms with E-state index in [-0.39, 0.29) is 19.8 Å². The molecule has 0 saturated carbocycles. The third kappa shape index (κ3) is 5.90. The molecule has 9 heteroatoms. The molecule has 0 aromatic carbocycles. The van der Waals surface area contributed by atoms with Crippen LogP contribution in [-0.2, 0) is 14.2 Å². The van der Waals surface area contributed by atoms with Crippen molar-refractivity contribution < 1.29 is 28.6 Å². The summed E-state index contributed by atoms with van der Waals surface area (Å²) in [7, 11) is 0. The molecule has 0 amide bonds. The zero-order chi connectivity index (χ0) is 17.9. The van der Waals surface area contributed by atoms with Gasteiger partial charge in [0.25, 0.3) is 0 Å². The SMILES string of the molecule is CCCOC(=O)c1nc(C(=O)OCCC)nc(C(=O)OCCC)n1. The summed E-state index contributed by atoms with van der Waals surface area (Å²) in [4.78, 5) is 46.9. The van der Waals surface area contributed by atoms with E-state index in [4.69, 9.17) is 14.2 Å². The fraction of sp³-hybridized carbons (Fsp3) is 0.600. The highest BCUT2D eigenvalue weighted by Gasteiger charge is 2.23. The maximum Gasteiger partial charge on any atom is 0.376 e. The van der Waals surface area contributed by atoms with Gasteiger partial charge in [0, 0.05) is 0 Å². The Morgan fingerprint density at radius 2 is 0.875 bits per heavy atom. The Balaban J connectivity index is 3.11. The van der Waals surface area contributed by atoms with E-state index >= 15 is 0 Å². The summed E-state index contributed by atoms with van der Waals surface area (Å²) in [6, 6.07) is 0. The Kier molecular flexibility index (Phi) is 8.31. The number of esters is 3. The van der Waals surface area contributed by atoms with E-state index in [0.717, 1.165) is 0 Å². The molecular formula is C15H21N3O6. The molecule has 9 nitrogen and oxygen atoms in total. The van der Waals surface area contributed by atoms with E-state index in [1.165, 1.54) is 0 Å². The highest BCUT2D eigenvalue weighted by atomic mass is 16.5. The molecule has 24 heavy (non-hydrogen) atoms. The van der Waals surface area contributed by atoms with E-state index in [1.807, 2.05) is 20.8 Å². The number of nitrogens with zero attached hydrogens (tertiary/aromatic N) is 3. The molecule has 0 aliphatic carbocycles. The normalized spacial score (nSPS) is 10.1. The van der Waals surface area contributed by atoms with Gasteiger partial charge in [0.1, 0.15) is 0 Å². The van der Waals surface area contributed by atoms with Crippen LogP contribution in [0.25, 0.3) is 0 Å². The molecule has 0 fully saturated rings. The van der Waals surface area contributed by atoms with Gasteiger partial charge in [-0.05, 0) is 19.3 Å². The lowest BCUT2D eigenvalue weighted by molar-refractivity contribution is 0.0466. The van der Waals surface area contributed by atoms with Crippen LogP contribution in [0.15, 0.2) is 0 Å². The van der Waals surface area contributed by atoms with E-state index in [2.05, 4.69) is 15.0 Å². The molecule has 0 saturated heterocycles. The largest absolute Gasteiger partial charge is 0.460 e. The Labute approximate surface area is 139 Å². The Bertz CT molecular complexity index is 497. The van der Waals surface area contributed by atoms with Crippen LogP contribution in [0.5, 0.6) is 0 Å². The summed E-state index contributed by atoms with van der Waals surface area (Å²) in [5.74, 6) is -3.88. The van der Waals surface area contributed by atoms with Crippen LogP contribution >= 0.6 is 0 Å². The van der Waals surface area contributed by atoms with Crippen molar-refractivity contribution >= 4 is 17.9 Å². The zero-order valence-corrected chi connectivity index (χ0v) is 14.0. The number of carbonyl (C=O) groups excluding carboxylic acids is 3. The number of aromatic nitrogens is 3. The van der Waals surface area contributed by atoms with E-state index < -0.39 is 35.4 Å². The molecule has 132 valence electrons. The standard InChI is InChI=1S/C15H21N3O6/c1-4-7-22-13(19)10-16-11(14(20)23-8-5-2)18-12(17-10)15(21)24-9-6-3/h4-9H2,1-3H3. The lowest BCUT2D eigenvalue weighted by Gasteiger charge is -2.07. The van der Waals surface area contributed by atoms with Crippen LogP contribution in [0.1, 0.15) is 71.9 Å². The smallest absolute Gasteiger partial charge is 0.376 e. The number of carbonyl (C=O) groups is 3. The summed E-state index contributed by atoms with van der Waals surface area (Å²) in [6.45, 7) is 5.95. The molecule has 1 aromatic heterocycles. The van der Waals surface area contributed by atoms with Crippen LogP contribution in [0.2, 0.25) is 0 Å². The summed E-state index contributed by atoms with van der Waals surface area (Å²) in [5, 5.41) is 0. The van der Waals surface area contributed by atoms with Gasteiger partial charge in [-0.1, -0.05) is 20.8 Å². The van der Waals surface area contributed by atoms with Crippen molar-refractivity contribution in [2.75, 3.05) is 19.8 Å². The van der Waals surface area contributed by atoms with Crippen molar-refractivity contribution in [1.82, 2.24) is 15.0 Å². The minimum Gasteiger partial charge on any atom is -0.460 e. The summed E-state index contributed by atoms with van der Waals surface area (Å²) in [6.07, 6.45) is 1.81. The van der Waals surface area contributed by atoms with Crippen molar-refractivity contribution in [3.05, 3.63) is 17.5 Å². The van der Waals surface area contributed by atoms with Gasteiger partial charge in [0.15, 0.2) is 0 Å². The second kappa shape index (κ2) is 10.2. The Morgan fingerprint density at radius 1 is 0.625 bits per heavy atom. The average Bonchev–Trinajstić information content (AvgIpc) is 2.61. The van der Waals surface area contributed by atoms with Crippen molar-refractivity contribution in [2.24, 2.45) is 0 Å². The van der Waals surface area contributed by atoms with Gasteiger partial charge in [-0.3, -0.25) is 0 Å². The third-order valence-corrected chi connectivity index (χ3v) is 2.49. The fourth-order valence-electron chi connectivity index (χ4n) is 1.43. The second-order valence-electron chi connectivity index (χ2n) is 4.71. The molecule has 0 bridgehead atoms. The van der Waals surface area contributed by atoms with Gasteiger partial charge >= 0.3 is 17.9 Å². The first-order valence-electron chi connectivity index (χ1n) is 7.80. The van der Waals surface area contributed by atoms with Gasteiger partial charge in [-0.25, -0.2) is 14.4 Å². The first kappa shape index (κ1) is 19.5. The van der Waals surface area contributed by atoms with Crippen LogP contribution in [0.4, 0.5) is 0 Å². The van der Waals surface area contributed by atoms with E-state index in [0.29, 0.717) is 19.3 Å². The van der Waals surface area contributed by atoms with Gasteiger partial charge in [0.05, 0.1) is 19.8 Å². The van der Waals surface area contributed by atoms with Gasteiger partial charge < -0.3 is 14.2 Å². The molecule has 0 aliphatic rings. The molecule has 0 atom stereocenters. The zero-order valence-electron chi connectivity index (χ0n) is 14.0. The molecule has 1 rings (SSSR count). The van der Waals surface area contributed by atoms with Crippen molar-refractivity contribution in [3.63, 3.8) is 0 Å². The Morgan fingerprint density at radius 3 is 1.08 bits per heavy atom. The highest BCUT2D eigenvalue weighted by Crippen LogP contribution is 2.04. The quantitative estimate of drug-likeness (QED) is 0.488. The number of hydrogen-bond acceptors (Lipinski definition) is 9. The predicted molar refractivity (Wildman–Crippen MR) is 81.5 cm³/mol. The van der Waals surface area contributed by atoms with Crippen molar-refractivity contribution in [3.8, 4) is 0 Å². The summed E-state index contributed by atoms with van der Waals surface area (Å²) >= 11 is 0. The lowest BCUT2D eigenvalue weighted by Crippen LogP contribution is -2.22. The van der Waals surface area contributed by atoms with Crippen LogP contribution < -0.4 is 0 Å². The third-order valence-electron chi connectivity index (χ3n) is 2.49. The minimum absolute atomic E-state index is 0.162. The summed E-state index contributed by atoms with van der Waals surface area (Å²) < 4.78 is 14.7. The highest BCUT2D eigenvalue weighted by molar-refractivity contribution is 5.92. The molecular weight excluding hydrogens is 318 g/mol. The van der Waals surface area contributed by atoms with Gasteiger partial charge in [-0.15, -0.1) is 0 Å². The van der Waals surface area contributed by atoms with E-state index in [1.54, 1.807) is 0 Å². The van der Waals surface area contributed by atoms with Crippen LogP contribution in [-0.4, -0.2) is 52.7 Å². The first-order chi connectivity index (χ1) is 11.5. The molecule has 0 radical (unpaired) electrons. The van der Waals surface area contributed by atoms with Crippen LogP contribution in [0.3, 0.4) is 0 Å². The lowest BCUT2D eigenvalue weighted by atomic mass is 10.4. The van der Waals surface area contributed by atoms with Gasteiger partial charge in [-0.2, -0.15) is 15.0 Å². The maximum atomic E-state index is 11.9. The molecule has 1 aromatic rings. The fourth-order valence-corrected chi connectivity index (χ4v) is 1.43. The van der Waals surface area contributed by atoms with E-state index in [9.17, 15) is 14.4 Å². The van der Waals surface area contributed by atoms with Gasteiger partial charge in [0.2, 0.25) is 17.5 Å². The molecule has 0 spiro atoms. The monoisotopic (exact) mass is 339 g/mol. The maximum absolute atomic E-state index is 11.9. The predicted octanol–water partition coefficient (Wildman–Crippen LogP) is 1.57. The van der Waals surface area contributed by atoms with Crippen molar-refractivity contribution in [1.29, 1.82) is 0 Å². The topological polar surface area (TPSA) is 118 Å².